The van der Waals surface area contributed by atoms with Gasteiger partial charge in [0, 0.05) is 19.3 Å². The lowest BCUT2D eigenvalue weighted by Gasteiger charge is -2.26. The third kappa shape index (κ3) is 10.3. The fourth-order valence-corrected chi connectivity index (χ4v) is 2.12. The van der Waals surface area contributed by atoms with Crippen molar-refractivity contribution in [3.05, 3.63) is 0 Å². The molecule has 1 aliphatic heterocycles. The summed E-state index contributed by atoms with van der Waals surface area (Å²) in [6, 6.07) is -1.86. The van der Waals surface area contributed by atoms with Gasteiger partial charge in [-0.2, -0.15) is 5.10 Å². The molecule has 1 heterocycles. The number of rotatable bonds is 7. The molecule has 0 radical (unpaired) electrons. The molecule has 158 valence electrons. The van der Waals surface area contributed by atoms with Crippen molar-refractivity contribution in [2.24, 2.45) is 10.8 Å². The molecule has 1 rings (SSSR count). The third-order valence-corrected chi connectivity index (χ3v) is 3.23. The topological polar surface area (TPSA) is 162 Å². The van der Waals surface area contributed by atoms with E-state index in [-0.39, 0.29) is 12.3 Å². The fraction of sp³-hybridized carbons (Fsp3) is 0.688. The van der Waals surface area contributed by atoms with E-state index in [2.05, 4.69) is 10.4 Å². The number of nitrogens with zero attached hydrogens (tertiary/aromatic N) is 2. The summed E-state index contributed by atoms with van der Waals surface area (Å²) in [7, 11) is 0. The number of amides is 4. The zero-order valence-electron chi connectivity index (χ0n) is 16.2. The molecule has 4 amide bonds. The molecule has 1 saturated heterocycles. The number of alkyl carbamates (subject to hydrolysis) is 1. The highest BCUT2D eigenvalue weighted by Gasteiger charge is 2.23. The van der Waals surface area contributed by atoms with Gasteiger partial charge in [0.25, 0.3) is 5.91 Å². The highest BCUT2D eigenvalue weighted by Crippen LogP contribution is 2.09. The summed E-state index contributed by atoms with van der Waals surface area (Å²) in [5.41, 5.74) is 6.14. The molecule has 0 saturated carbocycles. The summed E-state index contributed by atoms with van der Waals surface area (Å²) < 4.78 is 15.2. The van der Waals surface area contributed by atoms with Crippen LogP contribution in [-0.2, 0) is 23.8 Å². The Labute approximate surface area is 162 Å². The quantitative estimate of drug-likeness (QED) is 0.289. The number of carbonyl (C=O) groups is 4. The van der Waals surface area contributed by atoms with Gasteiger partial charge in [-0.25, -0.2) is 15.0 Å². The maximum absolute atomic E-state index is 12.0. The molecule has 1 fully saturated rings. The highest BCUT2D eigenvalue weighted by molar-refractivity contribution is 5.84. The average Bonchev–Trinajstić information content (AvgIpc) is 2.58. The van der Waals surface area contributed by atoms with Gasteiger partial charge in [-0.05, 0) is 20.8 Å². The van der Waals surface area contributed by atoms with Crippen LogP contribution in [0.4, 0.5) is 9.59 Å². The Morgan fingerprint density at radius 3 is 2.46 bits per heavy atom. The molecular formula is C16H27N5O7. The number of ether oxygens (including phenoxy) is 3. The first kappa shape index (κ1) is 23.1. The van der Waals surface area contributed by atoms with Gasteiger partial charge >= 0.3 is 18.1 Å². The molecule has 12 nitrogen and oxygen atoms in total. The van der Waals surface area contributed by atoms with Crippen LogP contribution in [-0.4, -0.2) is 79.7 Å². The van der Waals surface area contributed by atoms with E-state index in [9.17, 15) is 19.2 Å². The predicted octanol–water partition coefficient (Wildman–Crippen LogP) is -0.674. The van der Waals surface area contributed by atoms with Crippen LogP contribution in [0, 0.1) is 0 Å². The van der Waals surface area contributed by atoms with Gasteiger partial charge in [0.1, 0.15) is 5.60 Å². The van der Waals surface area contributed by atoms with Gasteiger partial charge in [0.05, 0.1) is 25.7 Å². The Morgan fingerprint density at radius 2 is 1.89 bits per heavy atom. The minimum absolute atomic E-state index is 0.270. The molecule has 12 heteroatoms. The van der Waals surface area contributed by atoms with Gasteiger partial charge < -0.3 is 30.2 Å². The van der Waals surface area contributed by atoms with E-state index in [1.54, 1.807) is 20.8 Å². The normalized spacial score (nSPS) is 15.6. The van der Waals surface area contributed by atoms with Crippen LogP contribution < -0.4 is 16.5 Å². The monoisotopic (exact) mass is 401 g/mol. The lowest BCUT2D eigenvalue weighted by Crippen LogP contribution is -2.44. The molecule has 28 heavy (non-hydrogen) atoms. The minimum atomic E-state index is -0.951. The molecular weight excluding hydrogens is 374 g/mol. The Hall–Kier alpha value is -2.89. The number of morpholine rings is 1. The highest BCUT2D eigenvalue weighted by atomic mass is 16.6. The Bertz CT molecular complexity index is 597. The Balaban J connectivity index is 2.56. The number of nitrogens with two attached hydrogens (primary N) is 1. The van der Waals surface area contributed by atoms with E-state index < -0.39 is 36.3 Å². The van der Waals surface area contributed by atoms with Crippen molar-refractivity contribution < 1.29 is 33.4 Å². The van der Waals surface area contributed by atoms with E-state index in [1.165, 1.54) is 4.90 Å². The van der Waals surface area contributed by atoms with Gasteiger partial charge in [-0.3, -0.25) is 9.59 Å². The number of nitrogens with one attached hydrogen (secondary N) is 2. The first-order chi connectivity index (χ1) is 13.1. The summed E-state index contributed by atoms with van der Waals surface area (Å²) in [5, 5.41) is 5.89. The second-order valence-electron chi connectivity index (χ2n) is 6.86. The van der Waals surface area contributed by atoms with E-state index >= 15 is 0 Å². The zero-order valence-corrected chi connectivity index (χ0v) is 16.2. The van der Waals surface area contributed by atoms with Crippen molar-refractivity contribution in [3.63, 3.8) is 0 Å². The molecule has 0 aliphatic carbocycles. The van der Waals surface area contributed by atoms with Crippen molar-refractivity contribution in [2.75, 3.05) is 32.9 Å². The SMILES string of the molecule is CC(C)(C)OC(=O)C[C@@H](/C=N/NC(N)=O)NC(=O)OCC(=O)N1CCOCC1. The second-order valence-corrected chi connectivity index (χ2v) is 6.86. The predicted molar refractivity (Wildman–Crippen MR) is 97.3 cm³/mol. The standard InChI is InChI=1S/C16H27N5O7/c1-16(2,3)28-13(23)8-11(9-18-20-14(17)24)19-15(25)27-10-12(22)21-4-6-26-7-5-21/h9,11H,4-8,10H2,1-3H3,(H,19,25)(H3,17,20,24)/b18-9+/t11-/m0/s1. The summed E-state index contributed by atoms with van der Waals surface area (Å²) >= 11 is 0. The summed E-state index contributed by atoms with van der Waals surface area (Å²) in [6.07, 6.45) is -0.103. The first-order valence-corrected chi connectivity index (χ1v) is 8.66. The second kappa shape index (κ2) is 11.1. The van der Waals surface area contributed by atoms with E-state index in [0.717, 1.165) is 6.21 Å². The molecule has 4 N–H and O–H groups in total. The van der Waals surface area contributed by atoms with Crippen molar-refractivity contribution >= 4 is 30.2 Å². The van der Waals surface area contributed by atoms with Crippen LogP contribution in [0.15, 0.2) is 5.10 Å². The lowest BCUT2D eigenvalue weighted by atomic mass is 10.2. The lowest BCUT2D eigenvalue weighted by molar-refractivity contribution is -0.155. The van der Waals surface area contributed by atoms with Gasteiger partial charge in [0.2, 0.25) is 0 Å². The molecule has 0 spiro atoms. The van der Waals surface area contributed by atoms with Crippen LogP contribution in [0.1, 0.15) is 27.2 Å². The Morgan fingerprint density at radius 1 is 1.25 bits per heavy atom. The first-order valence-electron chi connectivity index (χ1n) is 8.66. The van der Waals surface area contributed by atoms with Gasteiger partial charge in [-0.1, -0.05) is 0 Å². The molecule has 0 unspecified atom stereocenters. The van der Waals surface area contributed by atoms with Gasteiger partial charge in [-0.15, -0.1) is 0 Å². The van der Waals surface area contributed by atoms with Crippen molar-refractivity contribution in [2.45, 2.75) is 38.8 Å². The average molecular weight is 401 g/mol. The summed E-state index contributed by atoms with van der Waals surface area (Å²) in [6.45, 7) is 6.35. The third-order valence-electron chi connectivity index (χ3n) is 3.23. The number of esters is 1. The van der Waals surface area contributed by atoms with E-state index in [0.29, 0.717) is 26.3 Å². The van der Waals surface area contributed by atoms with Crippen LogP contribution in [0.3, 0.4) is 0 Å². The van der Waals surface area contributed by atoms with Crippen LogP contribution in [0.2, 0.25) is 0 Å². The maximum atomic E-state index is 12.0. The van der Waals surface area contributed by atoms with Crippen molar-refractivity contribution in [1.82, 2.24) is 15.6 Å². The zero-order chi connectivity index (χ0) is 21.2. The van der Waals surface area contributed by atoms with Crippen LogP contribution in [0.25, 0.3) is 0 Å². The summed E-state index contributed by atoms with van der Waals surface area (Å²) in [4.78, 5) is 48.1. The number of urea groups is 1. The summed E-state index contributed by atoms with van der Waals surface area (Å²) in [5.74, 6) is -0.959. The number of hydrazone groups is 1. The number of carbonyl (C=O) groups excluding carboxylic acids is 4. The smallest absolute Gasteiger partial charge is 0.408 e. The molecule has 0 aromatic rings. The fourth-order valence-electron chi connectivity index (χ4n) is 2.12. The maximum Gasteiger partial charge on any atom is 0.408 e. The molecule has 0 aromatic heterocycles. The van der Waals surface area contributed by atoms with Crippen molar-refractivity contribution in [3.8, 4) is 0 Å². The molecule has 1 atom stereocenters. The Kier molecular flexibility index (Phi) is 9.15. The van der Waals surface area contributed by atoms with Gasteiger partial charge in [0.15, 0.2) is 6.61 Å². The number of hydrogen-bond donors (Lipinski definition) is 3. The van der Waals surface area contributed by atoms with E-state index in [1.807, 2.05) is 5.43 Å². The van der Waals surface area contributed by atoms with Crippen LogP contribution in [0.5, 0.6) is 0 Å². The van der Waals surface area contributed by atoms with Crippen LogP contribution >= 0.6 is 0 Å². The number of hydrogen-bond acceptors (Lipinski definition) is 8. The largest absolute Gasteiger partial charge is 0.460 e. The molecule has 1 aliphatic rings. The van der Waals surface area contributed by atoms with E-state index in [4.69, 9.17) is 19.9 Å². The molecule has 0 aromatic carbocycles. The van der Waals surface area contributed by atoms with Crippen molar-refractivity contribution in [1.29, 1.82) is 0 Å². The molecule has 0 bridgehead atoms. The minimum Gasteiger partial charge on any atom is -0.460 e. The number of primary amides is 1.